The van der Waals surface area contributed by atoms with Crippen molar-refractivity contribution in [3.63, 3.8) is 0 Å². The van der Waals surface area contributed by atoms with Gasteiger partial charge in [0.25, 0.3) is 0 Å². The molecule has 1 saturated carbocycles. The van der Waals surface area contributed by atoms with Gasteiger partial charge in [-0.3, -0.25) is 4.98 Å². The van der Waals surface area contributed by atoms with Crippen LogP contribution < -0.4 is 5.32 Å². The molecular formula is C30H30N4OW. The monoisotopic (exact) mass is 646 g/mol. The van der Waals surface area contributed by atoms with Crippen molar-refractivity contribution in [3.8, 4) is 11.1 Å². The van der Waals surface area contributed by atoms with Gasteiger partial charge in [0.05, 0.1) is 0 Å². The third-order valence-corrected chi connectivity index (χ3v) is 7.74. The summed E-state index contributed by atoms with van der Waals surface area (Å²) in [4.78, 5) is 22.4. The molecule has 36 heavy (non-hydrogen) atoms. The zero-order valence-corrected chi connectivity index (χ0v) is 23.2. The van der Waals surface area contributed by atoms with Crippen molar-refractivity contribution in [3.05, 3.63) is 108 Å². The quantitative estimate of drug-likeness (QED) is 0.365. The van der Waals surface area contributed by atoms with E-state index in [9.17, 15) is 4.79 Å². The van der Waals surface area contributed by atoms with Crippen LogP contribution in [0.5, 0.6) is 0 Å². The number of nitrogens with one attached hydrogen (secondary N) is 1. The van der Waals surface area contributed by atoms with Crippen LogP contribution in [0, 0.1) is 0 Å². The number of aryl methyl sites for hydroxylation is 1. The number of amides is 1. The van der Waals surface area contributed by atoms with Crippen LogP contribution in [0.25, 0.3) is 11.1 Å². The number of hydrogen-bond donors (Lipinski definition) is 1. The second kappa shape index (κ2) is 11.7. The summed E-state index contributed by atoms with van der Waals surface area (Å²) < 4.78 is 3.40. The molecule has 2 aromatic heterocycles. The summed E-state index contributed by atoms with van der Waals surface area (Å²) >= 11 is 1.37. The molecule has 0 saturated heterocycles. The first-order valence-corrected chi connectivity index (χ1v) is 14.1. The Labute approximate surface area is 223 Å². The Hall–Kier alpha value is -3.17. The number of nitrogens with zero attached hydrogens (tertiary/aromatic N) is 3. The van der Waals surface area contributed by atoms with Gasteiger partial charge in [0, 0.05) is 11.6 Å². The number of pyridine rings is 1. The summed E-state index contributed by atoms with van der Waals surface area (Å²) in [5.74, 6) is 1.56. The molecule has 6 heteroatoms. The molecule has 5 rings (SSSR count). The van der Waals surface area contributed by atoms with Crippen LogP contribution in [0.4, 0.5) is 0 Å². The molecule has 0 atom stereocenters. The van der Waals surface area contributed by atoms with Gasteiger partial charge in [-0.05, 0) is 18.9 Å². The van der Waals surface area contributed by atoms with Crippen molar-refractivity contribution >= 4 is 9.81 Å². The van der Waals surface area contributed by atoms with Gasteiger partial charge in [-0.25, -0.2) is 0 Å². The molecule has 5 nitrogen and oxygen atoms in total. The number of imidazole rings is 1. The van der Waals surface area contributed by atoms with Crippen molar-refractivity contribution in [1.29, 1.82) is 0 Å². The Morgan fingerprint density at radius 2 is 1.89 bits per heavy atom. The van der Waals surface area contributed by atoms with Crippen molar-refractivity contribution in [1.82, 2.24) is 19.9 Å². The fraction of sp³-hybridized carbons (Fsp3) is 0.267. The summed E-state index contributed by atoms with van der Waals surface area (Å²) in [5, 5.41) is 2.95. The predicted molar refractivity (Wildman–Crippen MR) is 140 cm³/mol. The van der Waals surface area contributed by atoms with Gasteiger partial charge in [0.15, 0.2) is 0 Å². The van der Waals surface area contributed by atoms with E-state index in [2.05, 4.69) is 68.5 Å². The van der Waals surface area contributed by atoms with E-state index in [1.165, 1.54) is 41.8 Å². The minimum absolute atomic E-state index is 0.101. The number of aromatic nitrogens is 3. The van der Waals surface area contributed by atoms with Crippen LogP contribution in [-0.2, 0) is 32.3 Å². The fourth-order valence-electron chi connectivity index (χ4n) is 4.40. The second-order valence-electron chi connectivity index (χ2n) is 9.29. The van der Waals surface area contributed by atoms with E-state index in [0.717, 1.165) is 54.7 Å². The SMILES string of the molecule is O=C1NC=CC=C[C](=[W])c2nccn2CCCCC=CCc2ccc(-c3ccc(C4CC4)nc3)cc21. The molecule has 2 aliphatic rings. The second-order valence-corrected chi connectivity index (χ2v) is 10.9. The average molecular weight is 646 g/mol. The molecule has 3 heterocycles. The molecule has 1 N–H and O–H groups in total. The third-order valence-electron chi connectivity index (χ3n) is 6.60. The topological polar surface area (TPSA) is 59.8 Å². The number of allylic oxidation sites excluding steroid dienone is 5. The van der Waals surface area contributed by atoms with Crippen molar-refractivity contribution in [2.75, 3.05) is 0 Å². The summed E-state index contributed by atoms with van der Waals surface area (Å²) in [7, 11) is 0. The standard InChI is InChI=1S/C30H30N4O.W/c35-30-27-21-25(26-15-16-28(33-22-26)24-12-13-24)14-11-23(27)9-5-2-1-3-8-19-34-20-18-31-29(34)10-6-4-7-17-32-30;/h2,4-7,11,14-18,20-22,24H,1,3,8-9,12-13,19H2,(H,32,35);. The Bertz CT molecular complexity index is 1330. The Morgan fingerprint density at radius 3 is 2.72 bits per heavy atom. The van der Waals surface area contributed by atoms with Crippen molar-refractivity contribution < 1.29 is 24.1 Å². The maximum atomic E-state index is 13.2. The molecule has 0 radical (unpaired) electrons. The predicted octanol–water partition coefficient (Wildman–Crippen LogP) is 5.67. The van der Waals surface area contributed by atoms with Gasteiger partial charge >= 0.3 is 189 Å². The minimum atomic E-state index is -0.101. The Balaban J connectivity index is 1.38. The van der Waals surface area contributed by atoms with E-state index >= 15 is 0 Å². The van der Waals surface area contributed by atoms with E-state index < -0.39 is 0 Å². The van der Waals surface area contributed by atoms with Crippen LogP contribution in [0.3, 0.4) is 0 Å². The van der Waals surface area contributed by atoms with Crippen LogP contribution >= 0.6 is 0 Å². The van der Waals surface area contributed by atoms with Gasteiger partial charge < -0.3 is 0 Å². The van der Waals surface area contributed by atoms with Crippen molar-refractivity contribution in [2.24, 2.45) is 0 Å². The molecule has 0 bridgehead atoms. The molecule has 182 valence electrons. The molecule has 1 aliphatic heterocycles. The molecular weight excluding hydrogens is 616 g/mol. The number of hydrogen-bond acceptors (Lipinski definition) is 3. The van der Waals surface area contributed by atoms with E-state index in [4.69, 9.17) is 0 Å². The molecule has 0 spiro atoms. The van der Waals surface area contributed by atoms with E-state index in [-0.39, 0.29) is 5.91 Å². The normalized spacial score (nSPS) is 17.1. The van der Waals surface area contributed by atoms with Gasteiger partial charge in [0.2, 0.25) is 0 Å². The fourth-order valence-corrected chi connectivity index (χ4v) is 5.30. The summed E-state index contributed by atoms with van der Waals surface area (Å²) in [6, 6.07) is 10.4. The van der Waals surface area contributed by atoms with Crippen molar-refractivity contribution in [2.45, 2.75) is 51.0 Å². The molecule has 1 aromatic carbocycles. The van der Waals surface area contributed by atoms with Gasteiger partial charge in [0.1, 0.15) is 0 Å². The van der Waals surface area contributed by atoms with Gasteiger partial charge in [-0.1, -0.05) is 0 Å². The van der Waals surface area contributed by atoms with Crippen LogP contribution in [-0.4, -0.2) is 24.3 Å². The molecule has 1 aliphatic carbocycles. The number of benzene rings is 1. The van der Waals surface area contributed by atoms with E-state index in [1.807, 2.05) is 30.6 Å². The van der Waals surface area contributed by atoms with E-state index in [0.29, 0.717) is 11.5 Å². The van der Waals surface area contributed by atoms with Gasteiger partial charge in [-0.2, -0.15) is 0 Å². The number of fused-ring (bicyclic) bond motifs is 2. The summed E-state index contributed by atoms with van der Waals surface area (Å²) in [6.07, 6.45) is 24.3. The Kier molecular flexibility index (Phi) is 7.97. The molecule has 0 unspecified atom stereocenters. The number of carbonyl (C=O) groups is 1. The van der Waals surface area contributed by atoms with Crippen LogP contribution in [0.15, 0.2) is 85.5 Å². The zero-order chi connectivity index (χ0) is 24.7. The molecule has 3 aromatic rings. The van der Waals surface area contributed by atoms with Crippen LogP contribution in [0.1, 0.15) is 65.5 Å². The number of rotatable bonds is 2. The third kappa shape index (κ3) is 6.14. The summed E-state index contributed by atoms with van der Waals surface area (Å²) in [5.41, 5.74) is 4.95. The first kappa shape index (κ1) is 24.5. The molecule has 1 fully saturated rings. The first-order chi connectivity index (χ1) is 17.7. The number of carbonyl (C=O) groups excluding carboxylic acids is 1. The summed E-state index contributed by atoms with van der Waals surface area (Å²) in [6.45, 7) is 0.974. The average Bonchev–Trinajstić information content (AvgIpc) is 3.65. The van der Waals surface area contributed by atoms with Crippen LogP contribution in [0.2, 0.25) is 0 Å². The van der Waals surface area contributed by atoms with E-state index in [1.54, 1.807) is 6.20 Å². The maximum absolute atomic E-state index is 13.2. The zero-order valence-electron chi connectivity index (χ0n) is 20.3. The molecule has 1 amide bonds. The van der Waals surface area contributed by atoms with Gasteiger partial charge in [-0.15, -0.1) is 0 Å². The first-order valence-electron chi connectivity index (χ1n) is 12.6. The Morgan fingerprint density at radius 1 is 1.00 bits per heavy atom.